The Hall–Kier alpha value is -3.18. The molecular weight excluding hydrogens is 354 g/mol. The van der Waals surface area contributed by atoms with E-state index >= 15 is 0 Å². The molecule has 0 aliphatic heterocycles. The molecule has 4 nitrogen and oxygen atoms in total. The van der Waals surface area contributed by atoms with E-state index in [2.05, 4.69) is 17.3 Å². The predicted molar refractivity (Wildman–Crippen MR) is 110 cm³/mol. The summed E-state index contributed by atoms with van der Waals surface area (Å²) in [7, 11) is 0. The second-order valence-electron chi connectivity index (χ2n) is 6.30. The number of amides is 1. The molecule has 0 fully saturated rings. The van der Waals surface area contributed by atoms with Crippen LogP contribution in [0.5, 0.6) is 0 Å². The summed E-state index contributed by atoms with van der Waals surface area (Å²) in [5.74, 6) is -0.0885. The zero-order valence-electron chi connectivity index (χ0n) is 14.9. The molecule has 0 saturated carbocycles. The number of carbonyl (C=O) groups excluding carboxylic acids is 1. The molecule has 2 aromatic heterocycles. The van der Waals surface area contributed by atoms with Crippen molar-refractivity contribution in [3.63, 3.8) is 0 Å². The topological polar surface area (TPSA) is 46.9 Å². The van der Waals surface area contributed by atoms with Gasteiger partial charge < -0.3 is 5.32 Å². The lowest BCUT2D eigenvalue weighted by atomic mass is 10.0. The van der Waals surface area contributed by atoms with Crippen molar-refractivity contribution >= 4 is 22.9 Å². The van der Waals surface area contributed by atoms with Gasteiger partial charge >= 0.3 is 0 Å². The van der Waals surface area contributed by atoms with E-state index in [0.29, 0.717) is 12.1 Å². The van der Waals surface area contributed by atoms with Gasteiger partial charge in [0.15, 0.2) is 0 Å². The lowest BCUT2D eigenvalue weighted by molar-refractivity contribution is 0.102. The molecule has 27 heavy (non-hydrogen) atoms. The average Bonchev–Trinajstić information content (AvgIpc) is 3.32. The molecule has 0 spiro atoms. The molecule has 4 aromatic rings. The van der Waals surface area contributed by atoms with Crippen molar-refractivity contribution < 1.29 is 4.79 Å². The zero-order valence-corrected chi connectivity index (χ0v) is 15.7. The first kappa shape index (κ1) is 17.2. The third kappa shape index (κ3) is 3.83. The van der Waals surface area contributed by atoms with Crippen LogP contribution < -0.4 is 5.32 Å². The number of nitrogens with one attached hydrogen (secondary N) is 1. The molecule has 0 saturated heterocycles. The Morgan fingerprint density at radius 2 is 1.96 bits per heavy atom. The maximum atomic E-state index is 12.9. The summed E-state index contributed by atoms with van der Waals surface area (Å²) in [5, 5.41) is 9.20. The molecule has 1 amide bonds. The highest BCUT2D eigenvalue weighted by Crippen LogP contribution is 2.32. The third-order valence-corrected chi connectivity index (χ3v) is 5.28. The van der Waals surface area contributed by atoms with Crippen molar-refractivity contribution in [1.82, 2.24) is 9.78 Å². The molecule has 0 atom stereocenters. The van der Waals surface area contributed by atoms with Crippen molar-refractivity contribution in [2.45, 2.75) is 13.5 Å². The predicted octanol–water partition coefficient (Wildman–Crippen LogP) is 5.22. The third-order valence-electron chi connectivity index (χ3n) is 4.37. The number of hydrogen-bond donors (Lipinski definition) is 1. The minimum Gasteiger partial charge on any atom is -0.322 e. The van der Waals surface area contributed by atoms with Crippen LogP contribution >= 0.6 is 11.3 Å². The quantitative estimate of drug-likeness (QED) is 0.521. The normalized spacial score (nSPS) is 10.7. The van der Waals surface area contributed by atoms with Crippen LogP contribution in [0.1, 0.15) is 20.8 Å². The number of benzene rings is 2. The lowest BCUT2D eigenvalue weighted by Gasteiger charge is -2.09. The number of rotatable bonds is 5. The Morgan fingerprint density at radius 1 is 1.11 bits per heavy atom. The van der Waals surface area contributed by atoms with E-state index in [1.807, 2.05) is 76.9 Å². The van der Waals surface area contributed by atoms with E-state index in [-0.39, 0.29) is 5.91 Å². The molecular formula is C22H19N3OS. The minimum absolute atomic E-state index is 0.0885. The van der Waals surface area contributed by atoms with E-state index in [1.165, 1.54) is 0 Å². The fourth-order valence-electron chi connectivity index (χ4n) is 3.11. The second kappa shape index (κ2) is 7.60. The maximum Gasteiger partial charge on any atom is 0.257 e. The Kier molecular flexibility index (Phi) is 4.85. The van der Waals surface area contributed by atoms with Crippen molar-refractivity contribution in [3.05, 3.63) is 94.4 Å². The fourth-order valence-corrected chi connectivity index (χ4v) is 3.98. The summed E-state index contributed by atoms with van der Waals surface area (Å²) < 4.78 is 1.86. The number of nitrogens with zero attached hydrogens (tertiary/aromatic N) is 2. The van der Waals surface area contributed by atoms with Crippen LogP contribution in [0.2, 0.25) is 0 Å². The van der Waals surface area contributed by atoms with Gasteiger partial charge in [-0.25, -0.2) is 0 Å². The Morgan fingerprint density at radius 3 is 2.74 bits per heavy atom. The summed E-state index contributed by atoms with van der Waals surface area (Å²) >= 11 is 1.60. The first-order valence-electron chi connectivity index (χ1n) is 8.72. The fraction of sp³-hybridized carbons (Fsp3) is 0.0909. The second-order valence-corrected chi connectivity index (χ2v) is 7.39. The Balaban J connectivity index is 1.57. The summed E-state index contributed by atoms with van der Waals surface area (Å²) in [4.78, 5) is 14.1. The monoisotopic (exact) mass is 373 g/mol. The SMILES string of the molecule is Cc1scc(C(=O)Nc2cccc(Cn3cccn3)c2)c1-c1ccccc1. The molecule has 134 valence electrons. The van der Waals surface area contributed by atoms with Crippen LogP contribution in [0.25, 0.3) is 11.1 Å². The number of aromatic nitrogens is 2. The van der Waals surface area contributed by atoms with Crippen molar-refractivity contribution in [1.29, 1.82) is 0 Å². The molecule has 2 heterocycles. The van der Waals surface area contributed by atoms with E-state index in [4.69, 9.17) is 0 Å². The first-order valence-corrected chi connectivity index (χ1v) is 9.60. The van der Waals surface area contributed by atoms with Gasteiger partial charge in [0.2, 0.25) is 0 Å². The molecule has 1 N–H and O–H groups in total. The highest BCUT2D eigenvalue weighted by atomic mass is 32.1. The molecule has 5 heteroatoms. The Labute approximate surface area is 162 Å². The Bertz CT molecular complexity index is 1050. The summed E-state index contributed by atoms with van der Waals surface area (Å²) in [6.45, 7) is 2.72. The van der Waals surface area contributed by atoms with Crippen LogP contribution in [0.4, 0.5) is 5.69 Å². The largest absolute Gasteiger partial charge is 0.322 e. The summed E-state index contributed by atoms with van der Waals surface area (Å²) in [6, 6.07) is 19.8. The van der Waals surface area contributed by atoms with Gasteiger partial charge in [-0.05, 0) is 36.2 Å². The number of aryl methyl sites for hydroxylation is 1. The van der Waals surface area contributed by atoms with Crippen LogP contribution in [-0.2, 0) is 6.54 Å². The number of carbonyl (C=O) groups is 1. The zero-order chi connectivity index (χ0) is 18.6. The van der Waals surface area contributed by atoms with Crippen molar-refractivity contribution in [2.75, 3.05) is 5.32 Å². The van der Waals surface area contributed by atoms with Gasteiger partial charge in [-0.3, -0.25) is 9.48 Å². The van der Waals surface area contributed by atoms with Gasteiger partial charge in [-0.15, -0.1) is 11.3 Å². The standard InChI is InChI=1S/C22H19N3OS/c1-16-21(18-8-3-2-4-9-18)20(15-27-16)22(26)24-19-10-5-7-17(13-19)14-25-12-6-11-23-25/h2-13,15H,14H2,1H3,(H,24,26). The molecule has 4 rings (SSSR count). The van der Waals surface area contributed by atoms with Gasteiger partial charge in [0, 0.05) is 33.9 Å². The highest BCUT2D eigenvalue weighted by molar-refractivity contribution is 7.10. The first-order chi connectivity index (χ1) is 13.2. The minimum atomic E-state index is -0.0885. The van der Waals surface area contributed by atoms with E-state index in [0.717, 1.165) is 27.3 Å². The van der Waals surface area contributed by atoms with Crippen LogP contribution in [-0.4, -0.2) is 15.7 Å². The molecule has 0 radical (unpaired) electrons. The lowest BCUT2D eigenvalue weighted by Crippen LogP contribution is -2.12. The van der Waals surface area contributed by atoms with Gasteiger partial charge in [0.1, 0.15) is 0 Å². The molecule has 0 bridgehead atoms. The number of thiophene rings is 1. The molecule has 0 aliphatic rings. The van der Waals surface area contributed by atoms with E-state index < -0.39 is 0 Å². The van der Waals surface area contributed by atoms with Crippen molar-refractivity contribution in [2.24, 2.45) is 0 Å². The van der Waals surface area contributed by atoms with Gasteiger partial charge in [0.05, 0.1) is 12.1 Å². The van der Waals surface area contributed by atoms with E-state index in [9.17, 15) is 4.79 Å². The number of anilines is 1. The van der Waals surface area contributed by atoms with Gasteiger partial charge in [-0.1, -0.05) is 42.5 Å². The highest BCUT2D eigenvalue weighted by Gasteiger charge is 2.17. The van der Waals surface area contributed by atoms with Crippen LogP contribution in [0, 0.1) is 6.92 Å². The van der Waals surface area contributed by atoms with E-state index in [1.54, 1.807) is 17.5 Å². The average molecular weight is 373 g/mol. The molecule has 0 aliphatic carbocycles. The molecule has 2 aromatic carbocycles. The van der Waals surface area contributed by atoms with Crippen molar-refractivity contribution in [3.8, 4) is 11.1 Å². The molecule has 0 unspecified atom stereocenters. The number of hydrogen-bond acceptors (Lipinski definition) is 3. The summed E-state index contributed by atoms with van der Waals surface area (Å²) in [5.41, 5.74) is 4.65. The van der Waals surface area contributed by atoms with Gasteiger partial charge in [-0.2, -0.15) is 5.10 Å². The van der Waals surface area contributed by atoms with Crippen LogP contribution in [0.3, 0.4) is 0 Å². The maximum absolute atomic E-state index is 12.9. The van der Waals surface area contributed by atoms with Gasteiger partial charge in [0.25, 0.3) is 5.91 Å². The van der Waals surface area contributed by atoms with Crippen LogP contribution in [0.15, 0.2) is 78.4 Å². The summed E-state index contributed by atoms with van der Waals surface area (Å²) in [6.07, 6.45) is 3.68. The smallest absolute Gasteiger partial charge is 0.257 e.